The molecule has 1 saturated heterocycles. The number of hydrogen-bond donors (Lipinski definition) is 0. The Balaban J connectivity index is 1.70. The second-order valence-corrected chi connectivity index (χ2v) is 10.6. The first-order valence-electron chi connectivity index (χ1n) is 12.7. The molecule has 3 aromatic rings. The summed E-state index contributed by atoms with van der Waals surface area (Å²) in [7, 11) is 0. The van der Waals surface area contributed by atoms with Gasteiger partial charge in [-0.05, 0) is 61.7 Å². The van der Waals surface area contributed by atoms with E-state index in [2.05, 4.69) is 32.9 Å². The van der Waals surface area contributed by atoms with Crippen molar-refractivity contribution in [3.63, 3.8) is 0 Å². The van der Waals surface area contributed by atoms with E-state index in [9.17, 15) is 4.79 Å². The Morgan fingerprint density at radius 3 is 2.56 bits per heavy atom. The second-order valence-electron chi connectivity index (χ2n) is 8.93. The van der Waals surface area contributed by atoms with Crippen molar-refractivity contribution in [2.45, 2.75) is 52.9 Å². The number of thioether (sulfide) groups is 1. The molecule has 0 radical (unpaired) electrons. The summed E-state index contributed by atoms with van der Waals surface area (Å²) in [5.74, 6) is 0.845. The quantitative estimate of drug-likeness (QED) is 0.150. The second kappa shape index (κ2) is 12.4. The van der Waals surface area contributed by atoms with Crippen LogP contribution in [0.25, 0.3) is 23.0 Å². The van der Waals surface area contributed by atoms with Gasteiger partial charge in [0.2, 0.25) is 0 Å². The first kappa shape index (κ1) is 26.2. The van der Waals surface area contributed by atoms with E-state index < -0.39 is 0 Å². The van der Waals surface area contributed by atoms with Crippen molar-refractivity contribution in [2.24, 2.45) is 0 Å². The van der Waals surface area contributed by atoms with Gasteiger partial charge in [0.1, 0.15) is 15.8 Å². The minimum atomic E-state index is -0.0177. The Labute approximate surface area is 223 Å². The van der Waals surface area contributed by atoms with E-state index in [1.165, 1.54) is 11.8 Å². The van der Waals surface area contributed by atoms with E-state index in [0.717, 1.165) is 65.9 Å². The molecule has 1 aromatic heterocycles. The summed E-state index contributed by atoms with van der Waals surface area (Å²) in [6.07, 6.45) is 9.20. The fraction of sp³-hybridized carbons (Fsp3) is 0.345. The van der Waals surface area contributed by atoms with Gasteiger partial charge in [0.05, 0.1) is 17.2 Å². The topological polar surface area (TPSA) is 47.4 Å². The van der Waals surface area contributed by atoms with Crippen LogP contribution < -0.4 is 4.74 Å². The van der Waals surface area contributed by atoms with Crippen molar-refractivity contribution < 1.29 is 9.53 Å². The SMILES string of the molecule is CCCCCN1C(=O)C(=Cc2cn(-c3ccccc3)nc2-c2ccc(OCCCC)cc2C)SC1=S. The maximum Gasteiger partial charge on any atom is 0.266 e. The lowest BCUT2D eigenvalue weighted by Crippen LogP contribution is -2.28. The van der Waals surface area contributed by atoms with Crippen LogP contribution in [0.4, 0.5) is 0 Å². The average Bonchev–Trinajstić information content (AvgIpc) is 3.41. The molecule has 1 aliphatic rings. The van der Waals surface area contributed by atoms with Gasteiger partial charge in [0.25, 0.3) is 5.91 Å². The predicted octanol–water partition coefficient (Wildman–Crippen LogP) is 7.42. The van der Waals surface area contributed by atoms with Gasteiger partial charge in [-0.15, -0.1) is 0 Å². The molecule has 7 heteroatoms. The summed E-state index contributed by atoms with van der Waals surface area (Å²) in [6, 6.07) is 16.1. The standard InChI is InChI=1S/C29H33N3O2S2/c1-4-6-11-16-31-28(33)26(36-29(31)35)19-22-20-32(23-12-9-8-10-13-23)30-27(22)25-15-14-24(18-21(25)3)34-17-7-5-2/h8-10,12-15,18-20H,4-7,11,16-17H2,1-3H3. The normalized spacial score (nSPS) is 14.8. The third kappa shape index (κ3) is 6.08. The molecule has 188 valence electrons. The van der Waals surface area contributed by atoms with Crippen LogP contribution in [0.2, 0.25) is 0 Å². The fourth-order valence-electron chi connectivity index (χ4n) is 4.10. The summed E-state index contributed by atoms with van der Waals surface area (Å²) >= 11 is 6.91. The van der Waals surface area contributed by atoms with Crippen LogP contribution in [-0.2, 0) is 4.79 Å². The molecule has 1 aliphatic heterocycles. The largest absolute Gasteiger partial charge is 0.494 e. The number of nitrogens with zero attached hydrogens (tertiary/aromatic N) is 3. The number of para-hydroxylation sites is 1. The highest BCUT2D eigenvalue weighted by Gasteiger charge is 2.32. The average molecular weight is 520 g/mol. The number of carbonyl (C=O) groups is 1. The van der Waals surface area contributed by atoms with Crippen molar-refractivity contribution in [1.82, 2.24) is 14.7 Å². The summed E-state index contributed by atoms with van der Waals surface area (Å²) in [6.45, 7) is 7.76. The van der Waals surface area contributed by atoms with Crippen LogP contribution in [0, 0.1) is 6.92 Å². The van der Waals surface area contributed by atoms with Crippen molar-refractivity contribution >= 4 is 40.3 Å². The molecule has 0 saturated carbocycles. The smallest absolute Gasteiger partial charge is 0.266 e. The zero-order valence-electron chi connectivity index (χ0n) is 21.2. The molecule has 1 amide bonds. The van der Waals surface area contributed by atoms with Crippen LogP contribution in [0.1, 0.15) is 57.1 Å². The van der Waals surface area contributed by atoms with Gasteiger partial charge >= 0.3 is 0 Å². The molecule has 4 rings (SSSR count). The Bertz CT molecular complexity index is 1250. The third-order valence-corrected chi connectivity index (χ3v) is 7.51. The van der Waals surface area contributed by atoms with E-state index in [1.807, 2.05) is 53.4 Å². The van der Waals surface area contributed by atoms with Gasteiger partial charge in [-0.2, -0.15) is 5.10 Å². The Morgan fingerprint density at radius 2 is 1.83 bits per heavy atom. The number of aryl methyl sites for hydroxylation is 1. The number of rotatable bonds is 11. The maximum atomic E-state index is 13.2. The number of aromatic nitrogens is 2. The Hall–Kier alpha value is -2.90. The van der Waals surface area contributed by atoms with Crippen LogP contribution in [0.5, 0.6) is 5.75 Å². The van der Waals surface area contributed by atoms with Crippen LogP contribution in [-0.4, -0.2) is 38.1 Å². The first-order valence-corrected chi connectivity index (χ1v) is 13.9. The number of thiocarbonyl (C=S) groups is 1. The highest BCUT2D eigenvalue weighted by atomic mass is 32.2. The number of benzene rings is 2. The summed E-state index contributed by atoms with van der Waals surface area (Å²) in [4.78, 5) is 15.6. The molecule has 1 fully saturated rings. The number of amides is 1. The molecule has 0 atom stereocenters. The highest BCUT2D eigenvalue weighted by Crippen LogP contribution is 2.36. The lowest BCUT2D eigenvalue weighted by Gasteiger charge is -2.13. The summed E-state index contributed by atoms with van der Waals surface area (Å²) in [5, 5.41) is 4.95. The number of unbranched alkanes of at least 4 members (excludes halogenated alkanes) is 3. The number of ether oxygens (including phenoxy) is 1. The van der Waals surface area contributed by atoms with Gasteiger partial charge in [0.15, 0.2) is 0 Å². The van der Waals surface area contributed by atoms with E-state index in [-0.39, 0.29) is 5.91 Å². The molecule has 0 aliphatic carbocycles. The Kier molecular flexibility index (Phi) is 8.99. The molecule has 36 heavy (non-hydrogen) atoms. The van der Waals surface area contributed by atoms with Crippen LogP contribution in [0.15, 0.2) is 59.6 Å². The van der Waals surface area contributed by atoms with Crippen molar-refractivity contribution in [1.29, 1.82) is 0 Å². The van der Waals surface area contributed by atoms with Gasteiger partial charge < -0.3 is 4.74 Å². The number of carbonyl (C=O) groups excluding carboxylic acids is 1. The summed E-state index contributed by atoms with van der Waals surface area (Å²) < 4.78 is 8.40. The molecule has 5 nitrogen and oxygen atoms in total. The van der Waals surface area contributed by atoms with Gasteiger partial charge in [0, 0.05) is 23.9 Å². The predicted molar refractivity (Wildman–Crippen MR) is 154 cm³/mol. The molecule has 0 unspecified atom stereocenters. The van der Waals surface area contributed by atoms with E-state index in [0.29, 0.717) is 22.4 Å². The minimum Gasteiger partial charge on any atom is -0.494 e. The number of hydrogen-bond acceptors (Lipinski definition) is 5. The maximum absolute atomic E-state index is 13.2. The highest BCUT2D eigenvalue weighted by molar-refractivity contribution is 8.26. The summed E-state index contributed by atoms with van der Waals surface area (Å²) in [5.41, 5.74) is 4.76. The van der Waals surface area contributed by atoms with Crippen molar-refractivity contribution in [2.75, 3.05) is 13.2 Å². The minimum absolute atomic E-state index is 0.0177. The monoisotopic (exact) mass is 519 g/mol. The van der Waals surface area contributed by atoms with Gasteiger partial charge in [-0.1, -0.05) is 75.3 Å². The molecule has 0 bridgehead atoms. The molecular formula is C29H33N3O2S2. The van der Waals surface area contributed by atoms with Crippen molar-refractivity contribution in [3.05, 3.63) is 70.8 Å². The van der Waals surface area contributed by atoms with Gasteiger partial charge in [-0.3, -0.25) is 9.69 Å². The first-order chi connectivity index (χ1) is 17.5. The molecule has 2 aromatic carbocycles. The molecule has 0 N–H and O–H groups in total. The molecule has 2 heterocycles. The Morgan fingerprint density at radius 1 is 1.06 bits per heavy atom. The lowest BCUT2D eigenvalue weighted by molar-refractivity contribution is -0.122. The van der Waals surface area contributed by atoms with Gasteiger partial charge in [-0.25, -0.2) is 4.68 Å². The molecular weight excluding hydrogens is 486 g/mol. The lowest BCUT2D eigenvalue weighted by atomic mass is 10.0. The van der Waals surface area contributed by atoms with Crippen LogP contribution in [0.3, 0.4) is 0 Å². The molecule has 0 spiro atoms. The van der Waals surface area contributed by atoms with Crippen molar-refractivity contribution in [3.8, 4) is 22.7 Å². The van der Waals surface area contributed by atoms with Crippen LogP contribution >= 0.6 is 24.0 Å². The van der Waals surface area contributed by atoms with E-state index in [1.54, 1.807) is 4.90 Å². The zero-order chi connectivity index (χ0) is 25.5. The van der Waals surface area contributed by atoms with E-state index >= 15 is 0 Å². The zero-order valence-corrected chi connectivity index (χ0v) is 22.8. The van der Waals surface area contributed by atoms with E-state index in [4.69, 9.17) is 22.1 Å². The third-order valence-electron chi connectivity index (χ3n) is 6.13. The fourth-order valence-corrected chi connectivity index (χ4v) is 5.39.